The van der Waals surface area contributed by atoms with Crippen molar-refractivity contribution < 1.29 is 37.6 Å². The Kier molecular flexibility index (Phi) is 39.2. The Morgan fingerprint density at radius 2 is 1.00 bits per heavy atom. The average Bonchev–Trinajstić information content (AvgIpc) is 3.17. The van der Waals surface area contributed by atoms with Crippen LogP contribution in [-0.2, 0) is 32.7 Å². The van der Waals surface area contributed by atoms with Gasteiger partial charge in [-0.05, 0) is 83.5 Å². The van der Waals surface area contributed by atoms with E-state index in [1.807, 2.05) is 0 Å². The zero-order chi connectivity index (χ0) is 40.3. The van der Waals surface area contributed by atoms with Crippen LogP contribution in [0, 0.1) is 0 Å². The number of carbonyl (C=O) groups excluding carboxylic acids is 2. The molecule has 2 atom stereocenters. The first kappa shape index (κ1) is 52.5. The Labute approximate surface area is 335 Å². The summed E-state index contributed by atoms with van der Waals surface area (Å²) in [5.41, 5.74) is 5.34. The number of hydrogen-bond acceptors (Lipinski definition) is 8. The molecule has 10 heteroatoms. The summed E-state index contributed by atoms with van der Waals surface area (Å²) < 4.78 is 32.7. The Morgan fingerprint density at radius 3 is 1.53 bits per heavy atom. The summed E-state index contributed by atoms with van der Waals surface area (Å²) in [4.78, 5) is 34.8. The Balaban J connectivity index is 4.26. The van der Waals surface area contributed by atoms with Crippen molar-refractivity contribution in [1.82, 2.24) is 0 Å². The highest BCUT2D eigenvalue weighted by Gasteiger charge is 2.25. The minimum atomic E-state index is -4.39. The van der Waals surface area contributed by atoms with Crippen molar-refractivity contribution in [3.8, 4) is 0 Å². The van der Waals surface area contributed by atoms with Crippen molar-refractivity contribution in [2.75, 3.05) is 26.4 Å². The summed E-state index contributed by atoms with van der Waals surface area (Å²) in [5.74, 6) is -0.882. The van der Waals surface area contributed by atoms with Crippen molar-refractivity contribution >= 4 is 19.8 Å². The van der Waals surface area contributed by atoms with Gasteiger partial charge in [0.15, 0.2) is 6.10 Å². The molecule has 55 heavy (non-hydrogen) atoms. The third kappa shape index (κ3) is 40.9. The minimum Gasteiger partial charge on any atom is -0.462 e. The van der Waals surface area contributed by atoms with E-state index in [0.717, 1.165) is 83.5 Å². The molecule has 0 aromatic rings. The number of unbranched alkanes of at least 4 members (excludes halogenated alkanes) is 14. The van der Waals surface area contributed by atoms with E-state index >= 15 is 0 Å². The second kappa shape index (κ2) is 41.1. The number of phosphoric ester groups is 1. The lowest BCUT2D eigenvalue weighted by Gasteiger charge is -2.19. The van der Waals surface area contributed by atoms with E-state index < -0.39 is 32.5 Å². The number of carbonyl (C=O) groups is 2. The van der Waals surface area contributed by atoms with Gasteiger partial charge in [0.2, 0.25) is 0 Å². The van der Waals surface area contributed by atoms with Crippen molar-refractivity contribution in [1.29, 1.82) is 0 Å². The van der Waals surface area contributed by atoms with Crippen LogP contribution in [0.15, 0.2) is 72.9 Å². The second-order valence-corrected chi connectivity index (χ2v) is 15.3. The standard InChI is InChI=1S/C45H78NO8P/c1-3-5-7-9-11-13-15-17-19-20-21-22-24-26-28-30-32-34-36-38-45(48)54-43(42-53-55(49,50)52-40-39-46)41-51-44(47)37-35-33-31-29-27-25-23-18-16-14-12-10-8-6-4-2/h5,7,11,13,17-19,21-23,26,28,43H,3-4,6,8-10,12,14-16,20,24-25,27,29-42,46H2,1-2H3,(H,49,50)/b7-5-,13-11-,19-17-,22-21-,23-18-,28-26-. The molecule has 0 aliphatic carbocycles. The molecule has 316 valence electrons. The summed E-state index contributed by atoms with van der Waals surface area (Å²) in [6, 6.07) is 0. The van der Waals surface area contributed by atoms with Crippen LogP contribution >= 0.6 is 7.82 Å². The van der Waals surface area contributed by atoms with E-state index in [2.05, 4.69) is 86.8 Å². The highest BCUT2D eigenvalue weighted by molar-refractivity contribution is 7.47. The number of ether oxygens (including phenoxy) is 2. The molecular formula is C45H78NO8P. The van der Waals surface area contributed by atoms with Crippen LogP contribution in [-0.4, -0.2) is 49.3 Å². The highest BCUT2D eigenvalue weighted by atomic mass is 31.2. The summed E-state index contributed by atoms with van der Waals surface area (Å²) in [7, 11) is -4.39. The van der Waals surface area contributed by atoms with Crippen LogP contribution in [0.1, 0.15) is 168 Å². The van der Waals surface area contributed by atoms with Gasteiger partial charge in [-0.1, -0.05) is 145 Å². The molecule has 0 fully saturated rings. The number of esters is 2. The van der Waals surface area contributed by atoms with Gasteiger partial charge in [-0.15, -0.1) is 0 Å². The van der Waals surface area contributed by atoms with Gasteiger partial charge in [-0.25, -0.2) is 4.57 Å². The van der Waals surface area contributed by atoms with Crippen molar-refractivity contribution in [3.63, 3.8) is 0 Å². The molecule has 9 nitrogen and oxygen atoms in total. The molecule has 0 aliphatic rings. The van der Waals surface area contributed by atoms with Gasteiger partial charge in [0.1, 0.15) is 6.61 Å². The van der Waals surface area contributed by atoms with Gasteiger partial charge in [-0.2, -0.15) is 0 Å². The van der Waals surface area contributed by atoms with Crippen LogP contribution in [0.5, 0.6) is 0 Å². The van der Waals surface area contributed by atoms with E-state index in [1.165, 1.54) is 44.9 Å². The third-order valence-electron chi connectivity index (χ3n) is 8.58. The maximum Gasteiger partial charge on any atom is 0.472 e. The smallest absolute Gasteiger partial charge is 0.462 e. The number of allylic oxidation sites excluding steroid dienone is 12. The molecule has 0 saturated carbocycles. The van der Waals surface area contributed by atoms with Crippen LogP contribution in [0.3, 0.4) is 0 Å². The molecule has 0 saturated heterocycles. The first-order chi connectivity index (χ1) is 26.8. The molecule has 0 heterocycles. The fourth-order valence-corrected chi connectivity index (χ4v) is 6.18. The van der Waals surface area contributed by atoms with E-state index in [1.54, 1.807) is 0 Å². The largest absolute Gasteiger partial charge is 0.472 e. The molecule has 3 N–H and O–H groups in total. The van der Waals surface area contributed by atoms with Gasteiger partial charge >= 0.3 is 19.8 Å². The highest BCUT2D eigenvalue weighted by Crippen LogP contribution is 2.43. The van der Waals surface area contributed by atoms with Gasteiger partial charge in [-0.3, -0.25) is 18.6 Å². The van der Waals surface area contributed by atoms with Gasteiger partial charge in [0.25, 0.3) is 0 Å². The fourth-order valence-electron chi connectivity index (χ4n) is 5.42. The van der Waals surface area contributed by atoms with E-state index in [4.69, 9.17) is 24.3 Å². The minimum absolute atomic E-state index is 0.0430. The SMILES string of the molecule is CC/C=C\C/C=C\C/C=C\C/C=C\C/C=C\CCCCCC(=O)OC(COC(=O)CCCCCCC/C=C\CCCCCCCC)COP(=O)(O)OCCN. The normalized spacial score (nSPS) is 14.0. The molecule has 2 unspecified atom stereocenters. The monoisotopic (exact) mass is 792 g/mol. The van der Waals surface area contributed by atoms with Crippen LogP contribution < -0.4 is 5.73 Å². The Hall–Kier alpha value is -2.55. The van der Waals surface area contributed by atoms with E-state index in [0.29, 0.717) is 12.8 Å². The zero-order valence-corrected chi connectivity index (χ0v) is 35.5. The molecule has 0 aromatic heterocycles. The van der Waals surface area contributed by atoms with Crippen molar-refractivity contribution in [2.45, 2.75) is 174 Å². The lowest BCUT2D eigenvalue weighted by molar-refractivity contribution is -0.161. The Morgan fingerprint density at radius 1 is 0.564 bits per heavy atom. The summed E-state index contributed by atoms with van der Waals surface area (Å²) >= 11 is 0. The second-order valence-electron chi connectivity index (χ2n) is 13.8. The predicted octanol–water partition coefficient (Wildman–Crippen LogP) is 12.3. The molecular weight excluding hydrogens is 713 g/mol. The maximum atomic E-state index is 12.6. The molecule has 0 bridgehead atoms. The maximum absolute atomic E-state index is 12.6. The molecule has 0 radical (unpaired) electrons. The lowest BCUT2D eigenvalue weighted by Crippen LogP contribution is -2.29. The van der Waals surface area contributed by atoms with E-state index in [9.17, 15) is 19.0 Å². The quantitative estimate of drug-likeness (QED) is 0.0270. The van der Waals surface area contributed by atoms with Crippen molar-refractivity contribution in [2.24, 2.45) is 5.73 Å². The van der Waals surface area contributed by atoms with Crippen LogP contribution in [0.2, 0.25) is 0 Å². The molecule has 0 spiro atoms. The predicted molar refractivity (Wildman–Crippen MR) is 229 cm³/mol. The van der Waals surface area contributed by atoms with Gasteiger partial charge in [0.05, 0.1) is 13.2 Å². The molecule has 0 rings (SSSR count). The lowest BCUT2D eigenvalue weighted by atomic mass is 10.1. The first-order valence-corrected chi connectivity index (χ1v) is 22.9. The fraction of sp³-hybridized carbons (Fsp3) is 0.689. The van der Waals surface area contributed by atoms with E-state index in [-0.39, 0.29) is 32.6 Å². The number of hydrogen-bond donors (Lipinski definition) is 2. The van der Waals surface area contributed by atoms with Gasteiger partial charge < -0.3 is 20.1 Å². The Bertz CT molecular complexity index is 1130. The third-order valence-corrected chi connectivity index (χ3v) is 9.56. The molecule has 0 amide bonds. The van der Waals surface area contributed by atoms with Crippen molar-refractivity contribution in [3.05, 3.63) is 72.9 Å². The topological polar surface area (TPSA) is 134 Å². The van der Waals surface area contributed by atoms with Crippen LogP contribution in [0.4, 0.5) is 0 Å². The number of rotatable bonds is 39. The molecule has 0 aromatic carbocycles. The van der Waals surface area contributed by atoms with Gasteiger partial charge in [0, 0.05) is 19.4 Å². The number of nitrogens with two attached hydrogens (primary N) is 1. The summed E-state index contributed by atoms with van der Waals surface area (Å²) in [6.07, 6.45) is 49.3. The van der Waals surface area contributed by atoms with Crippen LogP contribution in [0.25, 0.3) is 0 Å². The average molecular weight is 792 g/mol. The molecule has 0 aliphatic heterocycles. The number of phosphoric acid groups is 1. The summed E-state index contributed by atoms with van der Waals surface area (Å²) in [6.45, 7) is 3.55. The summed E-state index contributed by atoms with van der Waals surface area (Å²) in [5, 5.41) is 0. The first-order valence-electron chi connectivity index (χ1n) is 21.4. The zero-order valence-electron chi connectivity index (χ0n) is 34.6.